The highest BCUT2D eigenvalue weighted by Crippen LogP contribution is 2.24. The average molecular weight is 269 g/mol. The van der Waals surface area contributed by atoms with Crippen LogP contribution in [-0.2, 0) is 17.9 Å². The molecule has 0 atom stereocenters. The lowest BCUT2D eigenvalue weighted by Crippen LogP contribution is -2.34. The van der Waals surface area contributed by atoms with Crippen molar-refractivity contribution < 1.29 is 4.74 Å². The normalized spacial score (nSPS) is 13.1. The summed E-state index contributed by atoms with van der Waals surface area (Å²) >= 11 is 1.86. The molecule has 0 aliphatic rings. The van der Waals surface area contributed by atoms with Gasteiger partial charge in [-0.05, 0) is 60.1 Å². The maximum Gasteiger partial charge on any atom is 0.0734 e. The van der Waals surface area contributed by atoms with Gasteiger partial charge >= 0.3 is 0 Å². The quantitative estimate of drug-likeness (QED) is 0.882. The Morgan fingerprint density at radius 2 is 1.78 bits per heavy atom. The third-order valence-corrected chi connectivity index (χ3v) is 3.62. The first-order valence-electron chi connectivity index (χ1n) is 6.54. The molecule has 0 unspecified atom stereocenters. The van der Waals surface area contributed by atoms with Gasteiger partial charge in [0.05, 0.1) is 12.2 Å². The van der Waals surface area contributed by atoms with E-state index in [0.29, 0.717) is 6.61 Å². The Kier molecular flexibility index (Phi) is 4.98. The number of ether oxygens (including phenoxy) is 1. The fourth-order valence-corrected chi connectivity index (χ4v) is 2.45. The summed E-state index contributed by atoms with van der Waals surface area (Å²) in [5, 5.41) is 3.52. The van der Waals surface area contributed by atoms with Gasteiger partial charge in [-0.25, -0.2) is 0 Å². The SMILES string of the molecule is Cc1sc(CNC(C)(C)C)cc1COC(C)(C)C. The number of thiophene rings is 1. The molecule has 0 aliphatic heterocycles. The predicted octanol–water partition coefficient (Wildman–Crippen LogP) is 4.26. The van der Waals surface area contributed by atoms with E-state index < -0.39 is 0 Å². The minimum atomic E-state index is -0.0712. The van der Waals surface area contributed by atoms with Crippen molar-refractivity contribution in [3.05, 3.63) is 21.4 Å². The molecule has 1 aromatic heterocycles. The lowest BCUT2D eigenvalue weighted by atomic mass is 10.1. The molecule has 1 N–H and O–H groups in total. The highest BCUT2D eigenvalue weighted by Gasteiger charge is 2.14. The molecule has 1 rings (SSSR count). The van der Waals surface area contributed by atoms with Crippen LogP contribution in [0, 0.1) is 6.92 Å². The van der Waals surface area contributed by atoms with E-state index in [0.717, 1.165) is 6.54 Å². The zero-order valence-corrected chi connectivity index (χ0v) is 13.6. The molecule has 104 valence electrons. The summed E-state index contributed by atoms with van der Waals surface area (Å²) in [6.07, 6.45) is 0. The van der Waals surface area contributed by atoms with E-state index in [-0.39, 0.29) is 11.1 Å². The third-order valence-electron chi connectivity index (χ3n) is 2.53. The van der Waals surface area contributed by atoms with Crippen LogP contribution in [-0.4, -0.2) is 11.1 Å². The van der Waals surface area contributed by atoms with Crippen LogP contribution in [0.5, 0.6) is 0 Å². The van der Waals surface area contributed by atoms with Crippen LogP contribution in [0.1, 0.15) is 56.9 Å². The van der Waals surface area contributed by atoms with Gasteiger partial charge in [-0.2, -0.15) is 0 Å². The van der Waals surface area contributed by atoms with Crippen molar-refractivity contribution in [2.45, 2.75) is 72.8 Å². The fraction of sp³-hybridized carbons (Fsp3) is 0.733. The van der Waals surface area contributed by atoms with E-state index in [9.17, 15) is 0 Å². The minimum Gasteiger partial charge on any atom is -0.371 e. The summed E-state index contributed by atoms with van der Waals surface area (Å²) in [7, 11) is 0. The molecule has 0 bridgehead atoms. The van der Waals surface area contributed by atoms with Gasteiger partial charge in [0.1, 0.15) is 0 Å². The molecule has 0 fully saturated rings. The van der Waals surface area contributed by atoms with Gasteiger partial charge in [0.15, 0.2) is 0 Å². The smallest absolute Gasteiger partial charge is 0.0734 e. The van der Waals surface area contributed by atoms with E-state index in [1.807, 2.05) is 11.3 Å². The van der Waals surface area contributed by atoms with Crippen LogP contribution in [0.4, 0.5) is 0 Å². The van der Waals surface area contributed by atoms with Crippen molar-refractivity contribution in [3.63, 3.8) is 0 Å². The van der Waals surface area contributed by atoms with E-state index in [2.05, 4.69) is 59.8 Å². The standard InChI is InChI=1S/C15H27NOS/c1-11-12(10-17-15(5,6)7)8-13(18-11)9-16-14(2,3)4/h8,16H,9-10H2,1-7H3. The van der Waals surface area contributed by atoms with Crippen LogP contribution >= 0.6 is 11.3 Å². The molecular weight excluding hydrogens is 242 g/mol. The van der Waals surface area contributed by atoms with E-state index in [1.165, 1.54) is 15.3 Å². The van der Waals surface area contributed by atoms with E-state index >= 15 is 0 Å². The van der Waals surface area contributed by atoms with Crippen LogP contribution in [0.15, 0.2) is 6.07 Å². The zero-order valence-electron chi connectivity index (χ0n) is 12.8. The molecule has 2 nitrogen and oxygen atoms in total. The largest absolute Gasteiger partial charge is 0.371 e. The molecule has 1 heterocycles. The summed E-state index contributed by atoms with van der Waals surface area (Å²) in [5.74, 6) is 0. The molecule has 0 spiro atoms. The van der Waals surface area contributed by atoms with Gasteiger partial charge in [-0.1, -0.05) is 0 Å². The van der Waals surface area contributed by atoms with Crippen molar-refractivity contribution >= 4 is 11.3 Å². The Hall–Kier alpha value is -0.380. The molecule has 0 saturated heterocycles. The maximum absolute atomic E-state index is 5.84. The summed E-state index contributed by atoms with van der Waals surface area (Å²) in [6.45, 7) is 16.7. The topological polar surface area (TPSA) is 21.3 Å². The highest BCUT2D eigenvalue weighted by molar-refractivity contribution is 7.12. The lowest BCUT2D eigenvalue weighted by Gasteiger charge is -2.20. The van der Waals surface area contributed by atoms with Crippen molar-refractivity contribution in [2.24, 2.45) is 0 Å². The van der Waals surface area contributed by atoms with Crippen molar-refractivity contribution in [3.8, 4) is 0 Å². The van der Waals surface area contributed by atoms with Gasteiger partial charge in [0, 0.05) is 21.8 Å². The molecule has 0 aliphatic carbocycles. The number of nitrogens with one attached hydrogen (secondary N) is 1. The Morgan fingerprint density at radius 3 is 2.28 bits per heavy atom. The van der Waals surface area contributed by atoms with Crippen LogP contribution in [0.3, 0.4) is 0 Å². The lowest BCUT2D eigenvalue weighted by molar-refractivity contribution is -0.0150. The Morgan fingerprint density at radius 1 is 1.17 bits per heavy atom. The second-order valence-electron chi connectivity index (χ2n) is 6.80. The third kappa shape index (κ3) is 5.98. The first-order chi connectivity index (χ1) is 8.07. The molecule has 1 aromatic rings. The first kappa shape index (κ1) is 15.7. The van der Waals surface area contributed by atoms with E-state index in [1.54, 1.807) is 0 Å². The molecule has 0 radical (unpaired) electrons. The van der Waals surface area contributed by atoms with Crippen LogP contribution in [0.2, 0.25) is 0 Å². The average Bonchev–Trinajstić information content (AvgIpc) is 2.51. The van der Waals surface area contributed by atoms with Crippen molar-refractivity contribution in [2.75, 3.05) is 0 Å². The monoisotopic (exact) mass is 269 g/mol. The van der Waals surface area contributed by atoms with Gasteiger partial charge in [-0.3, -0.25) is 0 Å². The second kappa shape index (κ2) is 5.72. The Labute approximate surface area is 116 Å². The first-order valence-corrected chi connectivity index (χ1v) is 7.36. The number of hydrogen-bond donors (Lipinski definition) is 1. The highest BCUT2D eigenvalue weighted by atomic mass is 32.1. The zero-order chi connectivity index (χ0) is 14.0. The summed E-state index contributed by atoms with van der Waals surface area (Å²) in [4.78, 5) is 2.75. The maximum atomic E-state index is 5.84. The van der Waals surface area contributed by atoms with Crippen LogP contribution in [0.25, 0.3) is 0 Å². The van der Waals surface area contributed by atoms with Gasteiger partial charge in [0.2, 0.25) is 0 Å². The number of rotatable bonds is 4. The number of aryl methyl sites for hydroxylation is 1. The Balaban J connectivity index is 2.59. The van der Waals surface area contributed by atoms with Crippen molar-refractivity contribution in [1.82, 2.24) is 5.32 Å². The van der Waals surface area contributed by atoms with Crippen LogP contribution < -0.4 is 5.32 Å². The molecule has 0 saturated carbocycles. The summed E-state index contributed by atoms with van der Waals surface area (Å²) in [5.41, 5.74) is 1.42. The van der Waals surface area contributed by atoms with Crippen molar-refractivity contribution in [1.29, 1.82) is 0 Å². The minimum absolute atomic E-state index is 0.0712. The second-order valence-corrected chi connectivity index (χ2v) is 8.14. The molecule has 3 heteroatoms. The van der Waals surface area contributed by atoms with Gasteiger partial charge in [0.25, 0.3) is 0 Å². The Bertz CT molecular complexity index is 382. The van der Waals surface area contributed by atoms with Gasteiger partial charge in [-0.15, -0.1) is 11.3 Å². The molecule has 0 aromatic carbocycles. The van der Waals surface area contributed by atoms with E-state index in [4.69, 9.17) is 4.74 Å². The summed E-state index contributed by atoms with van der Waals surface area (Å²) in [6, 6.07) is 2.27. The molecule has 18 heavy (non-hydrogen) atoms. The molecular formula is C15H27NOS. The number of hydrogen-bond acceptors (Lipinski definition) is 3. The van der Waals surface area contributed by atoms with Gasteiger partial charge < -0.3 is 10.1 Å². The summed E-state index contributed by atoms with van der Waals surface area (Å²) < 4.78 is 5.84. The fourth-order valence-electron chi connectivity index (χ4n) is 1.46. The predicted molar refractivity (Wildman–Crippen MR) is 80.2 cm³/mol. The molecule has 0 amide bonds.